The predicted octanol–water partition coefficient (Wildman–Crippen LogP) is 4.99. The van der Waals surface area contributed by atoms with Crippen LogP contribution < -0.4 is 11.1 Å². The normalized spacial score (nSPS) is 19.4. The molecule has 1 amide bonds. The van der Waals surface area contributed by atoms with Gasteiger partial charge in [0.15, 0.2) is 0 Å². The first-order valence-corrected chi connectivity index (χ1v) is 11.1. The first-order valence-electron chi connectivity index (χ1n) is 10.2. The van der Waals surface area contributed by atoms with Gasteiger partial charge < -0.3 is 11.1 Å². The SMILES string of the molecule is Nc1c(C(=O)NC2CCCCCC2)sc2nc3c(cc12)CCCCCC3. The van der Waals surface area contributed by atoms with Crippen molar-refractivity contribution in [3.63, 3.8) is 0 Å². The zero-order valence-corrected chi connectivity index (χ0v) is 16.3. The number of carbonyl (C=O) groups excluding carboxylic acids is 1. The number of nitrogens with two attached hydrogens (primary N) is 1. The van der Waals surface area contributed by atoms with Gasteiger partial charge in [-0.25, -0.2) is 4.98 Å². The number of anilines is 1. The summed E-state index contributed by atoms with van der Waals surface area (Å²) in [6.45, 7) is 0. The Balaban J connectivity index is 1.60. The minimum atomic E-state index is -0.00943. The second-order valence-electron chi connectivity index (χ2n) is 7.87. The van der Waals surface area contributed by atoms with Crippen LogP contribution in [-0.4, -0.2) is 16.9 Å². The van der Waals surface area contributed by atoms with Gasteiger partial charge in [-0.1, -0.05) is 38.5 Å². The molecule has 3 N–H and O–H groups in total. The quantitative estimate of drug-likeness (QED) is 0.731. The van der Waals surface area contributed by atoms with Gasteiger partial charge in [0, 0.05) is 17.1 Å². The van der Waals surface area contributed by atoms with Crippen LogP contribution in [0.15, 0.2) is 6.07 Å². The molecule has 0 bridgehead atoms. The molecule has 0 aromatic carbocycles. The number of nitrogens with zero attached hydrogens (tertiary/aromatic N) is 1. The van der Waals surface area contributed by atoms with Gasteiger partial charge in [0.05, 0.1) is 5.69 Å². The lowest BCUT2D eigenvalue weighted by atomic mass is 9.96. The average molecular weight is 372 g/mol. The molecule has 2 aromatic heterocycles. The summed E-state index contributed by atoms with van der Waals surface area (Å²) in [4.78, 5) is 19.3. The van der Waals surface area contributed by atoms with Crippen LogP contribution in [0, 0.1) is 0 Å². The summed E-state index contributed by atoms with van der Waals surface area (Å²) in [6.07, 6.45) is 14.3. The number of amides is 1. The van der Waals surface area contributed by atoms with E-state index in [2.05, 4.69) is 11.4 Å². The molecule has 0 atom stereocenters. The third-order valence-electron chi connectivity index (χ3n) is 5.90. The molecule has 4 rings (SSSR count). The highest BCUT2D eigenvalue weighted by atomic mass is 32.1. The van der Waals surface area contributed by atoms with E-state index in [1.807, 2.05) is 0 Å². The Kier molecular flexibility index (Phi) is 5.44. The summed E-state index contributed by atoms with van der Waals surface area (Å²) in [5.74, 6) is -0.00943. The van der Waals surface area contributed by atoms with Crippen molar-refractivity contribution in [3.8, 4) is 0 Å². The number of fused-ring (bicyclic) bond motifs is 2. The van der Waals surface area contributed by atoms with Crippen molar-refractivity contribution in [1.29, 1.82) is 0 Å². The number of nitrogen functional groups attached to an aromatic ring is 1. The summed E-state index contributed by atoms with van der Waals surface area (Å²) in [6, 6.07) is 2.50. The van der Waals surface area contributed by atoms with E-state index in [9.17, 15) is 4.79 Å². The molecule has 26 heavy (non-hydrogen) atoms. The molecule has 2 heterocycles. The summed E-state index contributed by atoms with van der Waals surface area (Å²) in [5, 5.41) is 4.20. The molecular formula is C21H29N3OS. The highest BCUT2D eigenvalue weighted by Crippen LogP contribution is 2.35. The molecule has 4 nitrogen and oxygen atoms in total. The van der Waals surface area contributed by atoms with E-state index >= 15 is 0 Å². The summed E-state index contributed by atoms with van der Waals surface area (Å²) >= 11 is 1.46. The molecular weight excluding hydrogens is 342 g/mol. The number of aryl methyl sites for hydroxylation is 2. The number of nitrogens with one attached hydrogen (secondary N) is 1. The van der Waals surface area contributed by atoms with Gasteiger partial charge in [-0.15, -0.1) is 11.3 Å². The summed E-state index contributed by atoms with van der Waals surface area (Å²) in [7, 11) is 0. The Bertz CT molecular complexity index is 790. The maximum atomic E-state index is 12.8. The Hall–Kier alpha value is -1.62. The van der Waals surface area contributed by atoms with Crippen LogP contribution in [0.4, 0.5) is 5.69 Å². The van der Waals surface area contributed by atoms with Crippen LogP contribution >= 0.6 is 11.3 Å². The average Bonchev–Trinajstić information content (AvgIpc) is 2.78. The van der Waals surface area contributed by atoms with Gasteiger partial charge in [-0.2, -0.15) is 0 Å². The molecule has 0 unspecified atom stereocenters. The lowest BCUT2D eigenvalue weighted by molar-refractivity contribution is 0.0938. The van der Waals surface area contributed by atoms with Crippen LogP contribution in [0.3, 0.4) is 0 Å². The van der Waals surface area contributed by atoms with E-state index in [0.29, 0.717) is 16.6 Å². The Labute approximate surface area is 159 Å². The molecule has 1 saturated carbocycles. The predicted molar refractivity (Wildman–Crippen MR) is 109 cm³/mol. The van der Waals surface area contributed by atoms with Gasteiger partial charge in [-0.05, 0) is 50.2 Å². The second-order valence-corrected chi connectivity index (χ2v) is 8.87. The lowest BCUT2D eigenvalue weighted by Gasteiger charge is -2.15. The zero-order chi connectivity index (χ0) is 17.9. The number of thiophene rings is 1. The topological polar surface area (TPSA) is 68.0 Å². The fraction of sp³-hybridized carbons (Fsp3) is 0.619. The highest BCUT2D eigenvalue weighted by molar-refractivity contribution is 7.21. The van der Waals surface area contributed by atoms with Crippen molar-refractivity contribution in [1.82, 2.24) is 10.3 Å². The lowest BCUT2D eigenvalue weighted by Crippen LogP contribution is -2.34. The molecule has 0 saturated heterocycles. The molecule has 2 aliphatic rings. The smallest absolute Gasteiger partial charge is 0.263 e. The van der Waals surface area contributed by atoms with Crippen LogP contribution in [-0.2, 0) is 12.8 Å². The van der Waals surface area contributed by atoms with E-state index in [-0.39, 0.29) is 5.91 Å². The number of aromatic nitrogens is 1. The fourth-order valence-corrected chi connectivity index (χ4v) is 5.36. The van der Waals surface area contributed by atoms with Gasteiger partial charge >= 0.3 is 0 Å². The Morgan fingerprint density at radius 3 is 2.50 bits per heavy atom. The minimum absolute atomic E-state index is 0.00943. The van der Waals surface area contributed by atoms with Crippen molar-refractivity contribution >= 4 is 33.1 Å². The standard InChI is InChI=1S/C21H29N3OS/c22-18-16-13-14-9-5-1-4-8-12-17(14)24-21(16)26-19(18)20(25)23-15-10-6-2-3-7-11-15/h13,15H,1-12,22H2,(H,23,25). The fourth-order valence-electron chi connectivity index (χ4n) is 4.36. The van der Waals surface area contributed by atoms with E-state index in [0.717, 1.165) is 35.9 Å². The number of rotatable bonds is 2. The maximum absolute atomic E-state index is 12.8. The third kappa shape index (κ3) is 3.73. The number of hydrogen-bond acceptors (Lipinski definition) is 4. The van der Waals surface area contributed by atoms with Gasteiger partial charge in [-0.3, -0.25) is 4.79 Å². The van der Waals surface area contributed by atoms with Crippen molar-refractivity contribution in [2.75, 3.05) is 5.73 Å². The Morgan fingerprint density at radius 2 is 1.73 bits per heavy atom. The number of pyridine rings is 1. The molecule has 0 spiro atoms. The van der Waals surface area contributed by atoms with Crippen molar-refractivity contribution in [2.24, 2.45) is 0 Å². The van der Waals surface area contributed by atoms with Crippen LogP contribution in [0.2, 0.25) is 0 Å². The largest absolute Gasteiger partial charge is 0.397 e. The summed E-state index contributed by atoms with van der Waals surface area (Å²) in [5.41, 5.74) is 9.56. The molecule has 140 valence electrons. The molecule has 0 aliphatic heterocycles. The molecule has 2 aromatic rings. The molecule has 5 heteroatoms. The number of carbonyl (C=O) groups is 1. The summed E-state index contributed by atoms with van der Waals surface area (Å²) < 4.78 is 0. The van der Waals surface area contributed by atoms with Crippen molar-refractivity contribution < 1.29 is 4.79 Å². The first kappa shape index (κ1) is 17.8. The monoisotopic (exact) mass is 371 g/mol. The minimum Gasteiger partial charge on any atom is -0.397 e. The van der Waals surface area contributed by atoms with Crippen LogP contribution in [0.1, 0.15) is 85.1 Å². The molecule has 0 radical (unpaired) electrons. The second kappa shape index (κ2) is 7.95. The van der Waals surface area contributed by atoms with Crippen LogP contribution in [0.25, 0.3) is 10.2 Å². The van der Waals surface area contributed by atoms with Crippen molar-refractivity contribution in [3.05, 3.63) is 22.2 Å². The van der Waals surface area contributed by atoms with Gasteiger partial charge in [0.1, 0.15) is 9.71 Å². The zero-order valence-electron chi connectivity index (χ0n) is 15.5. The number of hydrogen-bond donors (Lipinski definition) is 2. The third-order valence-corrected chi connectivity index (χ3v) is 7.01. The maximum Gasteiger partial charge on any atom is 0.263 e. The van der Waals surface area contributed by atoms with Crippen molar-refractivity contribution in [2.45, 2.75) is 83.1 Å². The highest BCUT2D eigenvalue weighted by Gasteiger charge is 2.22. The first-order chi connectivity index (χ1) is 12.7. The van der Waals surface area contributed by atoms with E-state index in [4.69, 9.17) is 10.7 Å². The molecule has 1 fully saturated rings. The van der Waals surface area contributed by atoms with E-state index < -0.39 is 0 Å². The van der Waals surface area contributed by atoms with E-state index in [1.54, 1.807) is 0 Å². The van der Waals surface area contributed by atoms with E-state index in [1.165, 1.54) is 74.0 Å². The van der Waals surface area contributed by atoms with Gasteiger partial charge in [0.2, 0.25) is 0 Å². The molecule has 2 aliphatic carbocycles. The van der Waals surface area contributed by atoms with Gasteiger partial charge in [0.25, 0.3) is 5.91 Å². The Morgan fingerprint density at radius 1 is 1.04 bits per heavy atom. The van der Waals surface area contributed by atoms with Crippen LogP contribution in [0.5, 0.6) is 0 Å².